The van der Waals surface area contributed by atoms with Gasteiger partial charge in [0.15, 0.2) is 0 Å². The summed E-state index contributed by atoms with van der Waals surface area (Å²) in [4.78, 5) is 0. The highest BCUT2D eigenvalue weighted by Gasteiger charge is 2.44. The van der Waals surface area contributed by atoms with Crippen LogP contribution in [0.3, 0.4) is 0 Å². The van der Waals surface area contributed by atoms with E-state index in [1.165, 1.54) is 25.7 Å². The fraction of sp³-hybridized carbons (Fsp3) is 1.00. The van der Waals surface area contributed by atoms with Gasteiger partial charge in [0.05, 0.1) is 6.54 Å². The van der Waals surface area contributed by atoms with Gasteiger partial charge in [-0.1, -0.05) is 0 Å². The Balaban J connectivity index is 1.68. The van der Waals surface area contributed by atoms with Crippen molar-refractivity contribution in [3.63, 3.8) is 0 Å². The molecule has 0 saturated heterocycles. The van der Waals surface area contributed by atoms with Crippen LogP contribution in [0, 0.1) is 5.41 Å². The molecule has 1 N–H and O–H groups in total. The molecule has 0 aromatic carbocycles. The second-order valence-electron chi connectivity index (χ2n) is 5.23. The molecule has 0 unspecified atom stereocenters. The van der Waals surface area contributed by atoms with E-state index in [4.69, 9.17) is 0 Å². The highest BCUT2D eigenvalue weighted by molar-refractivity contribution is 4.97. The van der Waals surface area contributed by atoms with E-state index in [1.807, 2.05) is 0 Å². The van der Waals surface area contributed by atoms with E-state index < -0.39 is 5.92 Å². The average molecular weight is 203 g/mol. The van der Waals surface area contributed by atoms with Crippen LogP contribution in [0.2, 0.25) is 0 Å². The molecule has 2 aliphatic carbocycles. The normalized spacial score (nSPS) is 26.8. The summed E-state index contributed by atoms with van der Waals surface area (Å²) < 4.78 is 25.2. The van der Waals surface area contributed by atoms with Crippen LogP contribution in [-0.2, 0) is 0 Å². The molecule has 1 spiro atoms. The Labute approximate surface area is 84.3 Å². The summed E-state index contributed by atoms with van der Waals surface area (Å²) in [6.07, 6.45) is 7.44. The van der Waals surface area contributed by atoms with Gasteiger partial charge in [0, 0.05) is 13.0 Å². The van der Waals surface area contributed by atoms with Crippen LogP contribution in [-0.4, -0.2) is 18.5 Å². The molecule has 0 atom stereocenters. The predicted octanol–water partition coefficient (Wildman–Crippen LogP) is 2.95. The Morgan fingerprint density at radius 1 is 1.21 bits per heavy atom. The summed E-state index contributed by atoms with van der Waals surface area (Å²) in [5, 5.41) is 2.98. The van der Waals surface area contributed by atoms with Gasteiger partial charge in [-0.15, -0.1) is 0 Å². The fourth-order valence-corrected chi connectivity index (χ4v) is 2.43. The van der Waals surface area contributed by atoms with Crippen LogP contribution in [0.1, 0.15) is 45.4 Å². The van der Waals surface area contributed by atoms with E-state index in [0.29, 0.717) is 11.5 Å². The van der Waals surface area contributed by atoms with Crippen molar-refractivity contribution in [1.82, 2.24) is 5.32 Å². The minimum Gasteiger partial charge on any atom is -0.308 e. The van der Waals surface area contributed by atoms with Crippen LogP contribution in [0.15, 0.2) is 0 Å². The predicted molar refractivity (Wildman–Crippen MR) is 52.5 cm³/mol. The van der Waals surface area contributed by atoms with Crippen LogP contribution in [0.5, 0.6) is 0 Å². The lowest BCUT2D eigenvalue weighted by Crippen LogP contribution is -2.39. The van der Waals surface area contributed by atoms with Crippen molar-refractivity contribution < 1.29 is 8.78 Å². The molecule has 2 fully saturated rings. The summed E-state index contributed by atoms with van der Waals surface area (Å²) in [6.45, 7) is 0.815. The van der Waals surface area contributed by atoms with Crippen LogP contribution < -0.4 is 5.32 Å². The highest BCUT2D eigenvalue weighted by atomic mass is 19.3. The molecule has 0 aromatic heterocycles. The maximum atomic E-state index is 12.6. The number of nitrogens with one attached hydrogen (secondary N) is 1. The van der Waals surface area contributed by atoms with Crippen molar-refractivity contribution in [1.29, 1.82) is 0 Å². The number of hydrogen-bond donors (Lipinski definition) is 1. The molecule has 2 rings (SSSR count). The Morgan fingerprint density at radius 2 is 1.79 bits per heavy atom. The third-order valence-electron chi connectivity index (χ3n) is 3.70. The van der Waals surface area contributed by atoms with E-state index >= 15 is 0 Å². The molecule has 0 aliphatic heterocycles. The first-order valence-corrected chi connectivity index (χ1v) is 5.60. The molecule has 82 valence electrons. The fourth-order valence-electron chi connectivity index (χ4n) is 2.43. The van der Waals surface area contributed by atoms with Crippen molar-refractivity contribution in [3.8, 4) is 0 Å². The van der Waals surface area contributed by atoms with Gasteiger partial charge in [-0.25, -0.2) is 8.78 Å². The molecular formula is C11H19F2N. The Hall–Kier alpha value is -0.180. The van der Waals surface area contributed by atoms with E-state index in [1.54, 1.807) is 0 Å². The topological polar surface area (TPSA) is 12.0 Å². The number of hydrogen-bond acceptors (Lipinski definition) is 1. The first-order chi connectivity index (χ1) is 6.49. The SMILES string of the molecule is CC(F)(F)CNC1CCC2(CC1)CC2. The molecule has 0 amide bonds. The summed E-state index contributed by atoms with van der Waals surface area (Å²) in [5.41, 5.74) is 0.660. The zero-order chi connectivity index (χ0) is 10.2. The third kappa shape index (κ3) is 2.66. The van der Waals surface area contributed by atoms with Gasteiger partial charge >= 0.3 is 0 Å². The highest BCUT2D eigenvalue weighted by Crippen LogP contribution is 2.56. The second-order valence-corrected chi connectivity index (χ2v) is 5.23. The minimum atomic E-state index is -2.56. The van der Waals surface area contributed by atoms with Crippen LogP contribution in [0.4, 0.5) is 8.78 Å². The van der Waals surface area contributed by atoms with E-state index in [2.05, 4.69) is 5.32 Å². The quantitative estimate of drug-likeness (QED) is 0.743. The Bertz CT molecular complexity index is 196. The molecule has 0 aromatic rings. The van der Waals surface area contributed by atoms with Gasteiger partial charge < -0.3 is 5.32 Å². The number of halogens is 2. The molecule has 1 nitrogen and oxygen atoms in total. The Kier molecular flexibility index (Phi) is 2.54. The lowest BCUT2D eigenvalue weighted by Gasteiger charge is -2.29. The zero-order valence-corrected chi connectivity index (χ0v) is 8.78. The van der Waals surface area contributed by atoms with Crippen molar-refractivity contribution in [2.45, 2.75) is 57.4 Å². The summed E-state index contributed by atoms with van der Waals surface area (Å²) in [7, 11) is 0. The monoisotopic (exact) mass is 203 g/mol. The molecule has 14 heavy (non-hydrogen) atoms. The second kappa shape index (κ2) is 3.44. The van der Waals surface area contributed by atoms with Crippen LogP contribution in [0.25, 0.3) is 0 Å². The van der Waals surface area contributed by atoms with E-state index in [-0.39, 0.29) is 6.54 Å². The minimum absolute atomic E-state index is 0.162. The number of rotatable bonds is 3. The Morgan fingerprint density at radius 3 is 2.21 bits per heavy atom. The van der Waals surface area contributed by atoms with Gasteiger partial charge in [0.1, 0.15) is 0 Å². The van der Waals surface area contributed by atoms with Gasteiger partial charge in [-0.2, -0.15) is 0 Å². The first-order valence-electron chi connectivity index (χ1n) is 5.60. The summed E-state index contributed by atoms with van der Waals surface area (Å²) in [6, 6.07) is 0.340. The first kappa shape index (κ1) is 10.3. The maximum absolute atomic E-state index is 12.6. The van der Waals surface area contributed by atoms with E-state index in [0.717, 1.165) is 19.8 Å². The van der Waals surface area contributed by atoms with Crippen molar-refractivity contribution in [3.05, 3.63) is 0 Å². The zero-order valence-electron chi connectivity index (χ0n) is 8.78. The smallest absolute Gasteiger partial charge is 0.257 e. The van der Waals surface area contributed by atoms with Gasteiger partial charge in [-0.3, -0.25) is 0 Å². The van der Waals surface area contributed by atoms with Crippen molar-refractivity contribution in [2.24, 2.45) is 5.41 Å². The molecule has 0 bridgehead atoms. The standard InChI is InChI=1S/C11H19F2N/c1-10(12,13)8-14-9-2-4-11(5-3-9)6-7-11/h9,14H,2-8H2,1H3. The maximum Gasteiger partial charge on any atom is 0.257 e. The van der Waals surface area contributed by atoms with Gasteiger partial charge in [0.2, 0.25) is 0 Å². The molecular weight excluding hydrogens is 184 g/mol. The molecule has 2 saturated carbocycles. The largest absolute Gasteiger partial charge is 0.308 e. The van der Waals surface area contributed by atoms with Crippen molar-refractivity contribution >= 4 is 0 Å². The number of alkyl halides is 2. The average Bonchev–Trinajstić information content (AvgIpc) is 2.83. The molecule has 2 aliphatic rings. The van der Waals surface area contributed by atoms with Gasteiger partial charge in [-0.05, 0) is 43.9 Å². The summed E-state index contributed by atoms with van der Waals surface area (Å²) >= 11 is 0. The van der Waals surface area contributed by atoms with E-state index in [9.17, 15) is 8.78 Å². The lowest BCUT2D eigenvalue weighted by atomic mass is 9.83. The van der Waals surface area contributed by atoms with Gasteiger partial charge in [0.25, 0.3) is 5.92 Å². The molecule has 3 heteroatoms. The molecule has 0 heterocycles. The van der Waals surface area contributed by atoms with Crippen LogP contribution >= 0.6 is 0 Å². The van der Waals surface area contributed by atoms with Crippen molar-refractivity contribution in [2.75, 3.05) is 6.54 Å². The third-order valence-corrected chi connectivity index (χ3v) is 3.70. The summed E-state index contributed by atoms with van der Waals surface area (Å²) in [5.74, 6) is -2.56. The molecule has 0 radical (unpaired) electrons. The lowest BCUT2D eigenvalue weighted by molar-refractivity contribution is 0.0179.